The Morgan fingerprint density at radius 2 is 1.96 bits per heavy atom. The molecule has 0 unspecified atom stereocenters. The minimum atomic E-state index is -4.52. The van der Waals surface area contributed by atoms with Gasteiger partial charge in [0.05, 0.1) is 20.9 Å². The zero-order chi connectivity index (χ0) is 17.9. The number of nitrogens with zero attached hydrogens (tertiary/aromatic N) is 2. The Morgan fingerprint density at radius 3 is 2.50 bits per heavy atom. The molecular weight excluding hydrogens is 386 g/mol. The van der Waals surface area contributed by atoms with Crippen LogP contribution in [-0.4, -0.2) is 21.1 Å². The number of carbonyl (C=O) groups is 1. The molecule has 4 nitrogen and oxygen atoms in total. The molecule has 2 aromatic rings. The number of amides is 1. The number of halogens is 5. The Kier molecular flexibility index (Phi) is 5.95. The summed E-state index contributed by atoms with van der Waals surface area (Å²) in [5.74, 6) is -0.0871. The highest BCUT2D eigenvalue weighted by molar-refractivity contribution is 8.00. The molecule has 1 N–H and O–H groups in total. The Labute approximate surface area is 149 Å². The van der Waals surface area contributed by atoms with Crippen LogP contribution in [0, 0.1) is 0 Å². The van der Waals surface area contributed by atoms with Crippen LogP contribution >= 0.6 is 35.0 Å². The molecule has 0 saturated heterocycles. The van der Waals surface area contributed by atoms with E-state index in [-0.39, 0.29) is 10.0 Å². The molecule has 0 spiro atoms. The highest BCUT2D eigenvalue weighted by Gasteiger charge is 2.32. The van der Waals surface area contributed by atoms with E-state index >= 15 is 0 Å². The van der Waals surface area contributed by atoms with E-state index in [9.17, 15) is 18.0 Å². The van der Waals surface area contributed by atoms with Crippen molar-refractivity contribution in [3.8, 4) is 0 Å². The lowest BCUT2D eigenvalue weighted by molar-refractivity contribution is -0.137. The van der Waals surface area contributed by atoms with E-state index in [0.717, 1.165) is 17.8 Å². The molecule has 2 aromatic heterocycles. The van der Waals surface area contributed by atoms with Gasteiger partial charge in [0.2, 0.25) is 5.91 Å². The smallest absolute Gasteiger partial charge is 0.310 e. The highest BCUT2D eigenvalue weighted by atomic mass is 35.5. The number of alkyl halides is 3. The minimum Gasteiger partial charge on any atom is -0.310 e. The molecule has 0 fully saturated rings. The van der Waals surface area contributed by atoms with Gasteiger partial charge in [-0.2, -0.15) is 13.2 Å². The zero-order valence-electron chi connectivity index (χ0n) is 12.1. The molecule has 2 heterocycles. The fourth-order valence-corrected chi connectivity index (χ4v) is 2.76. The first-order valence-corrected chi connectivity index (χ1v) is 8.12. The zero-order valence-corrected chi connectivity index (χ0v) is 14.4. The number of nitrogens with one attached hydrogen (secondary N) is 1. The van der Waals surface area contributed by atoms with Crippen LogP contribution < -0.4 is 5.32 Å². The van der Waals surface area contributed by atoms with Crippen molar-refractivity contribution in [3.05, 3.63) is 46.2 Å². The van der Waals surface area contributed by atoms with Crippen LogP contribution in [0.5, 0.6) is 0 Å². The normalized spacial score (nSPS) is 12.8. The van der Waals surface area contributed by atoms with Crippen LogP contribution in [0.25, 0.3) is 0 Å². The molecule has 1 atom stereocenters. The number of aromatic nitrogens is 2. The summed E-state index contributed by atoms with van der Waals surface area (Å²) in [6.07, 6.45) is -2.47. The lowest BCUT2D eigenvalue weighted by atomic mass is 10.3. The maximum Gasteiger partial charge on any atom is 0.417 e. The number of carbonyl (C=O) groups excluding carboxylic acids is 1. The van der Waals surface area contributed by atoms with E-state index in [4.69, 9.17) is 23.2 Å². The Morgan fingerprint density at radius 1 is 1.25 bits per heavy atom. The summed E-state index contributed by atoms with van der Waals surface area (Å²) in [5, 5.41) is 2.31. The number of pyridine rings is 2. The standard InChI is InChI=1S/C14H10Cl2F3N3OS/c1-7(12(23)22-11-3-2-9(15)6-20-11)24-13-10(16)4-8(5-21-13)14(17,18)19/h2-7H,1H3,(H,20,22,23)/t7-/m0/s1. The number of hydrogen-bond acceptors (Lipinski definition) is 4. The van der Waals surface area contributed by atoms with Crippen molar-refractivity contribution in [2.45, 2.75) is 23.4 Å². The van der Waals surface area contributed by atoms with Crippen LogP contribution in [0.1, 0.15) is 12.5 Å². The average molecular weight is 396 g/mol. The summed E-state index contributed by atoms with van der Waals surface area (Å²) in [4.78, 5) is 19.7. The second-order valence-corrected chi connectivity index (χ2v) is 6.79. The molecule has 0 aliphatic heterocycles. The van der Waals surface area contributed by atoms with Crippen molar-refractivity contribution in [3.63, 3.8) is 0 Å². The summed E-state index contributed by atoms with van der Waals surface area (Å²) in [7, 11) is 0. The van der Waals surface area contributed by atoms with E-state index in [0.29, 0.717) is 17.0 Å². The van der Waals surface area contributed by atoms with E-state index < -0.39 is 22.9 Å². The van der Waals surface area contributed by atoms with Crippen LogP contribution in [0.3, 0.4) is 0 Å². The predicted molar refractivity (Wildman–Crippen MR) is 87.4 cm³/mol. The maximum atomic E-state index is 12.6. The van der Waals surface area contributed by atoms with Crippen LogP contribution in [0.15, 0.2) is 35.6 Å². The first kappa shape index (κ1) is 18.8. The van der Waals surface area contributed by atoms with Gasteiger partial charge < -0.3 is 5.32 Å². The lowest BCUT2D eigenvalue weighted by Crippen LogP contribution is -2.23. The SMILES string of the molecule is C[C@H](Sc1ncc(C(F)(F)F)cc1Cl)C(=O)Nc1ccc(Cl)cn1. The number of anilines is 1. The molecule has 0 radical (unpaired) electrons. The van der Waals surface area contributed by atoms with Crippen LogP contribution in [0.2, 0.25) is 10.0 Å². The molecule has 128 valence electrons. The minimum absolute atomic E-state index is 0.136. The van der Waals surface area contributed by atoms with Crippen molar-refractivity contribution in [2.24, 2.45) is 0 Å². The van der Waals surface area contributed by atoms with Gasteiger partial charge in [0.1, 0.15) is 10.8 Å². The van der Waals surface area contributed by atoms with Crippen molar-refractivity contribution >= 4 is 46.7 Å². The molecule has 0 aliphatic rings. The second-order valence-electron chi connectivity index (χ2n) is 4.62. The highest BCUT2D eigenvalue weighted by Crippen LogP contribution is 2.35. The quantitative estimate of drug-likeness (QED) is 0.746. The maximum absolute atomic E-state index is 12.6. The third-order valence-electron chi connectivity index (χ3n) is 2.77. The first-order chi connectivity index (χ1) is 11.2. The van der Waals surface area contributed by atoms with Crippen LogP contribution in [-0.2, 0) is 11.0 Å². The van der Waals surface area contributed by atoms with Gasteiger partial charge in [-0.05, 0) is 25.1 Å². The third-order valence-corrected chi connectivity index (χ3v) is 4.51. The van der Waals surface area contributed by atoms with Gasteiger partial charge in [0.25, 0.3) is 0 Å². The number of hydrogen-bond donors (Lipinski definition) is 1. The largest absolute Gasteiger partial charge is 0.417 e. The third kappa shape index (κ3) is 4.99. The fraction of sp³-hybridized carbons (Fsp3) is 0.214. The van der Waals surface area contributed by atoms with Gasteiger partial charge in [0, 0.05) is 12.4 Å². The second kappa shape index (κ2) is 7.58. The topological polar surface area (TPSA) is 54.9 Å². The van der Waals surface area contributed by atoms with Crippen molar-refractivity contribution < 1.29 is 18.0 Å². The summed E-state index contributed by atoms with van der Waals surface area (Å²) in [6, 6.07) is 3.87. The fourth-order valence-electron chi connectivity index (χ4n) is 1.57. The molecular formula is C14H10Cl2F3N3OS. The molecule has 0 aliphatic carbocycles. The van der Waals surface area contributed by atoms with Gasteiger partial charge in [-0.15, -0.1) is 0 Å². The van der Waals surface area contributed by atoms with E-state index in [2.05, 4.69) is 15.3 Å². The van der Waals surface area contributed by atoms with E-state index in [1.807, 2.05) is 0 Å². The molecule has 10 heteroatoms. The first-order valence-electron chi connectivity index (χ1n) is 6.48. The van der Waals surface area contributed by atoms with Gasteiger partial charge in [-0.3, -0.25) is 4.79 Å². The molecule has 0 bridgehead atoms. The van der Waals surface area contributed by atoms with Gasteiger partial charge in [-0.1, -0.05) is 35.0 Å². The summed E-state index contributed by atoms with van der Waals surface area (Å²) in [5.41, 5.74) is -0.945. The molecule has 1 amide bonds. The van der Waals surface area contributed by atoms with Crippen molar-refractivity contribution in [1.29, 1.82) is 0 Å². The number of thioether (sulfide) groups is 1. The van der Waals surface area contributed by atoms with E-state index in [1.54, 1.807) is 13.0 Å². The predicted octanol–water partition coefficient (Wildman–Crippen LogP) is 4.92. The number of rotatable bonds is 4. The Hall–Kier alpha value is -1.51. The monoisotopic (exact) mass is 395 g/mol. The Balaban J connectivity index is 2.04. The van der Waals surface area contributed by atoms with Crippen LogP contribution in [0.4, 0.5) is 19.0 Å². The molecule has 0 aromatic carbocycles. The van der Waals surface area contributed by atoms with Crippen molar-refractivity contribution in [2.75, 3.05) is 5.32 Å². The molecule has 0 saturated carbocycles. The molecule has 24 heavy (non-hydrogen) atoms. The summed E-state index contributed by atoms with van der Waals surface area (Å²) in [6.45, 7) is 1.57. The summed E-state index contributed by atoms with van der Waals surface area (Å²) >= 11 is 12.5. The lowest BCUT2D eigenvalue weighted by Gasteiger charge is -2.13. The van der Waals surface area contributed by atoms with Gasteiger partial charge >= 0.3 is 6.18 Å². The van der Waals surface area contributed by atoms with Crippen molar-refractivity contribution in [1.82, 2.24) is 9.97 Å². The van der Waals surface area contributed by atoms with E-state index in [1.165, 1.54) is 12.3 Å². The van der Waals surface area contributed by atoms with Gasteiger partial charge in [0.15, 0.2) is 0 Å². The van der Waals surface area contributed by atoms with Gasteiger partial charge in [-0.25, -0.2) is 9.97 Å². The average Bonchev–Trinajstić information content (AvgIpc) is 2.50. The molecule has 2 rings (SSSR count). The summed E-state index contributed by atoms with van der Waals surface area (Å²) < 4.78 is 37.7. The Bertz CT molecular complexity index is 741.